The largest absolute Gasteiger partial charge is 0.283 e. The minimum atomic E-state index is -0.289. The molecule has 0 aliphatic heterocycles. The maximum atomic E-state index is 11.7. The average molecular weight is 272 g/mol. The second kappa shape index (κ2) is 4.48. The van der Waals surface area contributed by atoms with Gasteiger partial charge in [0, 0.05) is 6.20 Å². The van der Waals surface area contributed by atoms with E-state index in [9.17, 15) is 4.79 Å². The van der Waals surface area contributed by atoms with E-state index >= 15 is 0 Å². The molecule has 0 amide bonds. The van der Waals surface area contributed by atoms with Crippen LogP contribution < -0.4 is 5.56 Å². The minimum Gasteiger partial charge on any atom is -0.283 e. The lowest BCUT2D eigenvalue weighted by molar-refractivity contribution is 0.991. The summed E-state index contributed by atoms with van der Waals surface area (Å²) in [5.74, 6) is 0. The van der Waals surface area contributed by atoms with Gasteiger partial charge in [-0.1, -0.05) is 17.7 Å². The Balaban J connectivity index is 2.37. The number of nitrogens with zero attached hydrogens (tertiary/aromatic N) is 3. The Labute approximate surface area is 114 Å². The third-order valence-electron chi connectivity index (χ3n) is 2.90. The summed E-state index contributed by atoms with van der Waals surface area (Å²) in [5.41, 5.74) is 2.08. The van der Waals surface area contributed by atoms with E-state index in [0.29, 0.717) is 16.1 Å². The number of aryl methyl sites for hydroxylation is 1. The first-order valence-electron chi connectivity index (χ1n) is 5.76. The lowest BCUT2D eigenvalue weighted by atomic mass is 10.2. The van der Waals surface area contributed by atoms with Crippen molar-refractivity contribution in [3.8, 4) is 5.69 Å². The Morgan fingerprint density at radius 3 is 2.84 bits per heavy atom. The molecule has 19 heavy (non-hydrogen) atoms. The molecule has 0 fully saturated rings. The molecule has 1 aromatic carbocycles. The second-order valence-electron chi connectivity index (χ2n) is 4.25. The van der Waals surface area contributed by atoms with Gasteiger partial charge >= 0.3 is 0 Å². The van der Waals surface area contributed by atoms with Crippen molar-refractivity contribution in [3.63, 3.8) is 0 Å². The number of hydrogen-bond donors (Lipinski definition) is 0. The highest BCUT2D eigenvalue weighted by Gasteiger charge is 2.09. The Bertz CT molecular complexity index is 826. The van der Waals surface area contributed by atoms with Crippen LogP contribution in [0.5, 0.6) is 0 Å². The molecule has 0 unspecified atom stereocenters. The number of aromatic nitrogens is 3. The van der Waals surface area contributed by atoms with E-state index < -0.39 is 0 Å². The summed E-state index contributed by atoms with van der Waals surface area (Å²) in [6.45, 7) is 1.97. The molecule has 0 spiro atoms. The van der Waals surface area contributed by atoms with Crippen LogP contribution in [-0.2, 0) is 0 Å². The zero-order valence-electron chi connectivity index (χ0n) is 10.2. The Kier molecular flexibility index (Phi) is 2.80. The van der Waals surface area contributed by atoms with E-state index in [4.69, 9.17) is 11.6 Å². The summed E-state index contributed by atoms with van der Waals surface area (Å²) in [7, 11) is 0. The molecular formula is C14H10ClN3O. The average Bonchev–Trinajstić information content (AvgIpc) is 2.41. The van der Waals surface area contributed by atoms with Crippen molar-refractivity contribution >= 4 is 22.6 Å². The predicted octanol–water partition coefficient (Wildman–Crippen LogP) is 2.74. The molecule has 0 radical (unpaired) electrons. The normalized spacial score (nSPS) is 10.8. The lowest BCUT2D eigenvalue weighted by Crippen LogP contribution is -2.12. The topological polar surface area (TPSA) is 47.8 Å². The second-order valence-corrected chi connectivity index (χ2v) is 4.66. The Morgan fingerprint density at radius 2 is 2.05 bits per heavy atom. The van der Waals surface area contributed by atoms with Gasteiger partial charge in [-0.05, 0) is 36.8 Å². The summed E-state index contributed by atoms with van der Waals surface area (Å²) >= 11 is 6.25. The number of halogens is 1. The maximum Gasteiger partial charge on any atom is 0.282 e. The van der Waals surface area contributed by atoms with Crippen LogP contribution in [0.3, 0.4) is 0 Å². The van der Waals surface area contributed by atoms with Crippen molar-refractivity contribution in [1.82, 2.24) is 14.5 Å². The van der Waals surface area contributed by atoms with Gasteiger partial charge in [-0.3, -0.25) is 9.36 Å². The molecule has 0 saturated carbocycles. The van der Waals surface area contributed by atoms with Gasteiger partial charge in [0.2, 0.25) is 0 Å². The van der Waals surface area contributed by atoms with Gasteiger partial charge in [0.05, 0.1) is 16.1 Å². The zero-order chi connectivity index (χ0) is 13.4. The molecule has 3 rings (SSSR count). The minimum absolute atomic E-state index is 0.289. The van der Waals surface area contributed by atoms with Crippen LogP contribution in [0.1, 0.15) is 5.56 Å². The fourth-order valence-corrected chi connectivity index (χ4v) is 2.30. The number of hydrogen-bond acceptors (Lipinski definition) is 3. The van der Waals surface area contributed by atoms with Crippen molar-refractivity contribution in [1.29, 1.82) is 0 Å². The van der Waals surface area contributed by atoms with Crippen LogP contribution >= 0.6 is 11.6 Å². The van der Waals surface area contributed by atoms with Gasteiger partial charge in [0.1, 0.15) is 6.33 Å². The molecule has 0 aliphatic rings. The predicted molar refractivity (Wildman–Crippen MR) is 74.9 cm³/mol. The van der Waals surface area contributed by atoms with Gasteiger partial charge in [0.15, 0.2) is 5.65 Å². The smallest absolute Gasteiger partial charge is 0.282 e. The fraction of sp³-hybridized carbons (Fsp3) is 0.0714. The molecule has 2 aromatic heterocycles. The third kappa shape index (κ3) is 2.00. The summed E-state index contributed by atoms with van der Waals surface area (Å²) in [6.07, 6.45) is 3.09. The van der Waals surface area contributed by atoms with Crippen LogP contribution in [0.4, 0.5) is 0 Å². The number of fused-ring (bicyclic) bond motifs is 1. The summed E-state index contributed by atoms with van der Waals surface area (Å²) in [4.78, 5) is 19.8. The lowest BCUT2D eigenvalue weighted by Gasteiger charge is -2.11. The van der Waals surface area contributed by atoms with Crippen LogP contribution in [0.2, 0.25) is 5.02 Å². The molecule has 3 aromatic rings. The molecule has 5 heteroatoms. The molecule has 0 bridgehead atoms. The van der Waals surface area contributed by atoms with E-state index in [2.05, 4.69) is 9.97 Å². The highest BCUT2D eigenvalue weighted by atomic mass is 35.5. The Morgan fingerprint density at radius 1 is 1.21 bits per heavy atom. The van der Waals surface area contributed by atoms with Gasteiger partial charge in [-0.25, -0.2) is 4.98 Å². The van der Waals surface area contributed by atoms with Crippen LogP contribution in [-0.4, -0.2) is 14.5 Å². The Hall–Kier alpha value is -2.20. The monoisotopic (exact) mass is 271 g/mol. The molecule has 0 aliphatic carbocycles. The highest BCUT2D eigenvalue weighted by molar-refractivity contribution is 6.32. The van der Waals surface area contributed by atoms with E-state index in [1.54, 1.807) is 22.9 Å². The first kappa shape index (κ1) is 11.9. The van der Waals surface area contributed by atoms with E-state index in [0.717, 1.165) is 11.3 Å². The number of pyridine rings is 1. The zero-order valence-corrected chi connectivity index (χ0v) is 10.9. The van der Waals surface area contributed by atoms with Crippen LogP contribution in [0.25, 0.3) is 16.7 Å². The maximum absolute atomic E-state index is 11.7. The van der Waals surface area contributed by atoms with Crippen LogP contribution in [0, 0.1) is 6.92 Å². The van der Waals surface area contributed by atoms with E-state index in [1.807, 2.05) is 25.1 Å². The summed E-state index contributed by atoms with van der Waals surface area (Å²) < 4.78 is 1.72. The third-order valence-corrected chi connectivity index (χ3v) is 3.20. The molecular weight excluding hydrogens is 262 g/mol. The molecule has 2 heterocycles. The van der Waals surface area contributed by atoms with Crippen molar-refractivity contribution in [2.75, 3.05) is 0 Å². The van der Waals surface area contributed by atoms with E-state index in [-0.39, 0.29) is 5.56 Å². The van der Waals surface area contributed by atoms with Gasteiger partial charge in [-0.2, -0.15) is 4.98 Å². The molecule has 94 valence electrons. The van der Waals surface area contributed by atoms with Crippen LogP contribution in [0.15, 0.2) is 47.7 Å². The van der Waals surface area contributed by atoms with Crippen molar-refractivity contribution in [2.45, 2.75) is 6.92 Å². The SMILES string of the molecule is Cc1ccc(-n2cnc(=O)c3cccnc32)c(Cl)c1. The quantitative estimate of drug-likeness (QED) is 0.684. The molecule has 4 nitrogen and oxygen atoms in total. The number of benzene rings is 1. The van der Waals surface area contributed by atoms with Crippen molar-refractivity contribution < 1.29 is 0 Å². The van der Waals surface area contributed by atoms with Crippen molar-refractivity contribution in [2.24, 2.45) is 0 Å². The van der Waals surface area contributed by atoms with E-state index in [1.165, 1.54) is 6.33 Å². The molecule has 0 N–H and O–H groups in total. The summed E-state index contributed by atoms with van der Waals surface area (Å²) in [6, 6.07) is 9.12. The van der Waals surface area contributed by atoms with Gasteiger partial charge in [-0.15, -0.1) is 0 Å². The van der Waals surface area contributed by atoms with Gasteiger partial charge < -0.3 is 0 Å². The first-order chi connectivity index (χ1) is 9.16. The first-order valence-corrected chi connectivity index (χ1v) is 6.13. The standard InChI is InChI=1S/C14H10ClN3O/c1-9-4-5-12(11(15)7-9)18-8-17-14(19)10-3-2-6-16-13(10)18/h2-8H,1H3. The number of rotatable bonds is 1. The highest BCUT2D eigenvalue weighted by Crippen LogP contribution is 2.23. The van der Waals surface area contributed by atoms with Gasteiger partial charge in [0.25, 0.3) is 5.56 Å². The van der Waals surface area contributed by atoms with Crippen molar-refractivity contribution in [3.05, 3.63) is 63.8 Å². The summed E-state index contributed by atoms with van der Waals surface area (Å²) in [5, 5.41) is 1.07. The molecule has 0 atom stereocenters. The molecule has 0 saturated heterocycles. The fourth-order valence-electron chi connectivity index (χ4n) is 1.97.